The molecule has 1 aromatic heterocycles. The third kappa shape index (κ3) is 8.59. The Bertz CT molecular complexity index is 1880. The van der Waals surface area contributed by atoms with Crippen LogP contribution in [0.1, 0.15) is 74.7 Å². The molecule has 1 saturated carbocycles. The molecule has 0 spiro atoms. The van der Waals surface area contributed by atoms with Crippen LogP contribution >= 0.6 is 0 Å². The van der Waals surface area contributed by atoms with Gasteiger partial charge in [0.05, 0.1) is 36.5 Å². The number of hydrogen-bond acceptors (Lipinski definition) is 9. The molecule has 1 fully saturated rings. The van der Waals surface area contributed by atoms with Crippen molar-refractivity contribution in [1.29, 1.82) is 0 Å². The third-order valence-corrected chi connectivity index (χ3v) is 12.0. The molecule has 5 rings (SSSR count). The maximum Gasteiger partial charge on any atom is 0.407 e. The first-order valence-corrected chi connectivity index (χ1v) is 19.6. The van der Waals surface area contributed by atoms with Gasteiger partial charge in [-0.2, -0.15) is 12.7 Å². The van der Waals surface area contributed by atoms with Crippen molar-refractivity contribution in [2.45, 2.75) is 83.2 Å². The molecule has 1 atom stereocenters. The fourth-order valence-electron chi connectivity index (χ4n) is 7.56. The summed E-state index contributed by atoms with van der Waals surface area (Å²) < 4.78 is 55.4. The number of aromatic nitrogens is 1. The summed E-state index contributed by atoms with van der Waals surface area (Å²) in [6.45, 7) is 6.89. The van der Waals surface area contributed by atoms with E-state index in [-0.39, 0.29) is 30.7 Å². The van der Waals surface area contributed by atoms with Gasteiger partial charge >= 0.3 is 16.3 Å². The number of nitrogens with one attached hydrogen (secondary N) is 1. The summed E-state index contributed by atoms with van der Waals surface area (Å²) in [6.07, 6.45) is 3.44. The van der Waals surface area contributed by atoms with Gasteiger partial charge in [0.15, 0.2) is 17.8 Å². The Morgan fingerprint density at radius 2 is 1.70 bits per heavy atom. The number of amides is 2. The highest BCUT2D eigenvalue weighted by Crippen LogP contribution is 2.50. The highest BCUT2D eigenvalue weighted by molar-refractivity contribution is 7.87. The lowest BCUT2D eigenvalue weighted by molar-refractivity contribution is -0.106. The lowest BCUT2D eigenvalue weighted by Gasteiger charge is -2.37. The lowest BCUT2D eigenvalue weighted by atomic mass is 9.81. The summed E-state index contributed by atoms with van der Waals surface area (Å²) in [7, 11) is 3.33. The molecule has 0 unspecified atom stereocenters. The lowest BCUT2D eigenvalue weighted by Crippen LogP contribution is -2.50. The Morgan fingerprint density at radius 1 is 1.02 bits per heavy atom. The van der Waals surface area contributed by atoms with Crippen molar-refractivity contribution in [3.8, 4) is 22.8 Å². The molecular weight excluding hydrogens is 703 g/mol. The molecule has 2 heterocycles. The van der Waals surface area contributed by atoms with Crippen molar-refractivity contribution in [2.24, 2.45) is 0 Å². The van der Waals surface area contributed by atoms with Gasteiger partial charge in [-0.25, -0.2) is 9.52 Å². The van der Waals surface area contributed by atoms with E-state index >= 15 is 0 Å². The first kappa shape index (κ1) is 40.3. The summed E-state index contributed by atoms with van der Waals surface area (Å²) in [5.41, 5.74) is 2.90. The van der Waals surface area contributed by atoms with Gasteiger partial charge in [0.25, 0.3) is 5.91 Å². The third-order valence-electron chi connectivity index (χ3n) is 10.6. The number of likely N-dealkylation sites (N-methyl/N-ethyl adjacent to an activating group) is 2. The van der Waals surface area contributed by atoms with E-state index in [9.17, 15) is 23.1 Å². The molecule has 0 radical (unpaired) electrons. The molecule has 2 amide bonds. The quantitative estimate of drug-likeness (QED) is 0.218. The number of carbonyl (C=O) groups is 2. The number of carboxylic acid groups (broad SMARTS) is 1. The minimum atomic E-state index is -4.32. The topological polar surface area (TPSA) is 152 Å². The van der Waals surface area contributed by atoms with Gasteiger partial charge in [-0.1, -0.05) is 37.5 Å². The van der Waals surface area contributed by atoms with Gasteiger partial charge in [0, 0.05) is 57.3 Å². The average molecular weight is 758 g/mol. The Labute approximate surface area is 313 Å². The molecule has 14 nitrogen and oxygen atoms in total. The second-order valence-corrected chi connectivity index (χ2v) is 16.7. The van der Waals surface area contributed by atoms with Gasteiger partial charge in [-0.05, 0) is 70.3 Å². The van der Waals surface area contributed by atoms with Crippen LogP contribution in [-0.2, 0) is 26.2 Å². The smallest absolute Gasteiger partial charge is 0.407 e. The number of ether oxygens (including phenoxy) is 4. The van der Waals surface area contributed by atoms with Crippen molar-refractivity contribution in [2.75, 3.05) is 61.7 Å². The van der Waals surface area contributed by atoms with Gasteiger partial charge in [-0.3, -0.25) is 9.69 Å². The van der Waals surface area contributed by atoms with Crippen LogP contribution in [0, 0.1) is 0 Å². The normalized spacial score (nSPS) is 16.9. The van der Waals surface area contributed by atoms with E-state index in [2.05, 4.69) is 26.3 Å². The first-order valence-electron chi connectivity index (χ1n) is 18.1. The number of rotatable bonds is 13. The molecule has 2 aliphatic rings. The molecule has 292 valence electrons. The molecule has 2 aromatic carbocycles. The van der Waals surface area contributed by atoms with E-state index < -0.39 is 34.0 Å². The highest BCUT2D eigenvalue weighted by Gasteiger charge is 2.36. The van der Waals surface area contributed by atoms with Gasteiger partial charge in [-0.15, -0.1) is 0 Å². The fourth-order valence-corrected chi connectivity index (χ4v) is 8.38. The number of fused-ring (bicyclic) bond motifs is 5. The fraction of sp³-hybridized carbons (Fsp3) is 0.579. The van der Waals surface area contributed by atoms with Crippen LogP contribution in [0.3, 0.4) is 0 Å². The predicted molar refractivity (Wildman–Crippen MR) is 203 cm³/mol. The summed E-state index contributed by atoms with van der Waals surface area (Å²) in [5, 5.41) is 11.0. The number of benzene rings is 2. The number of methoxy groups -OCH3 is 3. The van der Waals surface area contributed by atoms with E-state index in [4.69, 9.17) is 18.9 Å². The maximum atomic E-state index is 14.3. The second-order valence-electron chi connectivity index (χ2n) is 14.9. The second kappa shape index (κ2) is 16.6. The minimum absolute atomic E-state index is 0.128. The van der Waals surface area contributed by atoms with Crippen LogP contribution in [0.4, 0.5) is 4.79 Å². The van der Waals surface area contributed by atoms with Gasteiger partial charge < -0.3 is 33.5 Å². The summed E-state index contributed by atoms with van der Waals surface area (Å²) in [6, 6.07) is 11.2. The summed E-state index contributed by atoms with van der Waals surface area (Å²) >= 11 is 0. The highest BCUT2D eigenvalue weighted by atomic mass is 32.2. The molecule has 3 aromatic rings. The molecule has 0 bridgehead atoms. The van der Waals surface area contributed by atoms with E-state index in [1.165, 1.54) is 33.3 Å². The zero-order valence-electron chi connectivity index (χ0n) is 32.2. The van der Waals surface area contributed by atoms with Crippen molar-refractivity contribution in [3.63, 3.8) is 0 Å². The van der Waals surface area contributed by atoms with Crippen molar-refractivity contribution in [3.05, 3.63) is 47.5 Å². The number of hydrogen-bond donors (Lipinski definition) is 2. The minimum Gasteiger partial charge on any atom is -0.493 e. The maximum absolute atomic E-state index is 14.3. The van der Waals surface area contributed by atoms with Crippen LogP contribution in [-0.4, -0.2) is 124 Å². The summed E-state index contributed by atoms with van der Waals surface area (Å²) in [4.78, 5) is 30.0. The van der Waals surface area contributed by atoms with Gasteiger partial charge in [0.1, 0.15) is 6.61 Å². The number of nitrogens with zero attached hydrogens (tertiary/aromatic N) is 4. The van der Waals surface area contributed by atoms with Crippen molar-refractivity contribution < 1.29 is 42.1 Å². The Kier molecular flexibility index (Phi) is 12.7. The zero-order valence-corrected chi connectivity index (χ0v) is 33.0. The van der Waals surface area contributed by atoms with Crippen LogP contribution in [0.25, 0.3) is 22.2 Å². The summed E-state index contributed by atoms with van der Waals surface area (Å²) in [5.74, 6) is 0.119. The zero-order chi connectivity index (χ0) is 38.7. The standard InChI is InChI=1S/C38H55N5O9S/c1-38(2,3)43(37(45)46)21-20-40(4)26-22-42-29-17-13-12-16-27(29)32(25-14-10-9-11-15-25)34(42)33-28(18-19-30(49-6)35(33)52-24-26)36(44)39-53(47,48)41(5)23-31(50-7)51-8/h12-13,16-19,25-26,31H,9-11,14-15,20-24H2,1-8H3,(H,39,44)(H,45,46)/t26-/m1/s1. The van der Waals surface area contributed by atoms with Crippen molar-refractivity contribution >= 4 is 33.1 Å². The largest absolute Gasteiger partial charge is 0.493 e. The van der Waals surface area contributed by atoms with Gasteiger partial charge in [0.2, 0.25) is 0 Å². The molecular formula is C38H55N5O9S. The molecule has 1 aliphatic heterocycles. The Morgan fingerprint density at radius 3 is 2.32 bits per heavy atom. The Balaban J connectivity index is 1.67. The van der Waals surface area contributed by atoms with Crippen LogP contribution in [0.5, 0.6) is 11.5 Å². The molecule has 0 saturated heterocycles. The number of carbonyl (C=O) groups excluding carboxylic acids is 1. The molecule has 15 heteroatoms. The first-order chi connectivity index (χ1) is 25.1. The Hall–Kier alpha value is -3.89. The van der Waals surface area contributed by atoms with Crippen molar-refractivity contribution in [1.82, 2.24) is 23.4 Å². The van der Waals surface area contributed by atoms with E-state index in [1.54, 1.807) is 12.1 Å². The average Bonchev–Trinajstić information content (AvgIpc) is 3.42. The van der Waals surface area contributed by atoms with Crippen LogP contribution in [0.15, 0.2) is 36.4 Å². The number of para-hydroxylation sites is 1. The van der Waals surface area contributed by atoms with Crippen LogP contribution in [0.2, 0.25) is 0 Å². The molecule has 2 N–H and O–H groups in total. The molecule has 1 aliphatic carbocycles. The predicted octanol–water partition coefficient (Wildman–Crippen LogP) is 5.36. The molecule has 53 heavy (non-hydrogen) atoms. The van der Waals surface area contributed by atoms with E-state index in [0.717, 1.165) is 58.6 Å². The van der Waals surface area contributed by atoms with Crippen LogP contribution < -0.4 is 14.2 Å². The monoisotopic (exact) mass is 757 g/mol. The SMILES string of the molecule is COc1ccc(C(=O)NS(=O)(=O)N(C)CC(OC)OC)c2c1OC[C@H](N(C)CCN(C(=O)O)C(C)(C)C)Cn1c-2c(C2CCCCC2)c2ccccc21. The van der Waals surface area contributed by atoms with E-state index in [0.29, 0.717) is 36.7 Å². The van der Waals surface area contributed by atoms with E-state index in [1.807, 2.05) is 40.0 Å².